The molecule has 1 aromatic carbocycles. The number of nitrogens with one attached hydrogen (secondary N) is 1. The van der Waals surface area contributed by atoms with Crippen LogP contribution in [-0.4, -0.2) is 19.8 Å². The van der Waals surface area contributed by atoms with Crippen molar-refractivity contribution in [2.75, 3.05) is 25.1 Å². The Morgan fingerprint density at radius 2 is 2.31 bits per heavy atom. The largest absolute Gasteiger partial charge is 0.381 e. The molecule has 0 saturated heterocycles. The Bertz CT molecular complexity index is 401. The lowest BCUT2D eigenvalue weighted by Gasteiger charge is -2.16. The molecule has 0 spiro atoms. The summed E-state index contributed by atoms with van der Waals surface area (Å²) in [5.41, 5.74) is 3.14. The summed E-state index contributed by atoms with van der Waals surface area (Å²) in [5, 5.41) is 3.24. The molecule has 0 saturated carbocycles. The Hall–Kier alpha value is -1.35. The van der Waals surface area contributed by atoms with Crippen LogP contribution in [0.3, 0.4) is 0 Å². The summed E-state index contributed by atoms with van der Waals surface area (Å²) in [6.07, 6.45) is 3.16. The molecule has 0 unspecified atom stereocenters. The number of hydrogen-bond donors (Lipinski definition) is 1. The van der Waals surface area contributed by atoms with E-state index in [0.29, 0.717) is 6.61 Å². The third kappa shape index (κ3) is 2.83. The highest BCUT2D eigenvalue weighted by atomic mass is 19.1. The molecule has 0 fully saturated rings. The molecule has 0 amide bonds. The Labute approximate surface area is 95.1 Å². The quantitative estimate of drug-likeness (QED) is 0.792. The minimum Gasteiger partial charge on any atom is -0.381 e. The van der Waals surface area contributed by atoms with Crippen molar-refractivity contribution in [3.8, 4) is 0 Å². The van der Waals surface area contributed by atoms with Crippen molar-refractivity contribution in [2.24, 2.45) is 0 Å². The molecule has 0 atom stereocenters. The maximum atomic E-state index is 13.0. The normalized spacial score (nSPS) is 15.8. The molecule has 2 nitrogen and oxygen atoms in total. The van der Waals surface area contributed by atoms with Gasteiger partial charge in [-0.25, -0.2) is 4.39 Å². The van der Waals surface area contributed by atoms with E-state index in [1.807, 2.05) is 6.92 Å². The minimum absolute atomic E-state index is 0.207. The Kier molecular flexibility index (Phi) is 3.57. The molecule has 1 heterocycles. The van der Waals surface area contributed by atoms with Crippen LogP contribution in [0.25, 0.3) is 0 Å². The highest BCUT2D eigenvalue weighted by Gasteiger charge is 2.05. The molecule has 0 aliphatic carbocycles. The van der Waals surface area contributed by atoms with Gasteiger partial charge in [0.2, 0.25) is 0 Å². The van der Waals surface area contributed by atoms with Gasteiger partial charge in [0, 0.05) is 12.2 Å². The lowest BCUT2D eigenvalue weighted by molar-refractivity contribution is 0.150. The van der Waals surface area contributed by atoms with Crippen molar-refractivity contribution in [3.63, 3.8) is 0 Å². The van der Waals surface area contributed by atoms with E-state index in [1.165, 1.54) is 17.7 Å². The average molecular weight is 221 g/mol. The van der Waals surface area contributed by atoms with Gasteiger partial charge >= 0.3 is 0 Å². The van der Waals surface area contributed by atoms with Crippen molar-refractivity contribution in [2.45, 2.75) is 13.3 Å². The van der Waals surface area contributed by atoms with Crippen molar-refractivity contribution in [1.29, 1.82) is 0 Å². The fourth-order valence-electron chi connectivity index (χ4n) is 1.73. The predicted molar refractivity (Wildman–Crippen MR) is 63.1 cm³/mol. The van der Waals surface area contributed by atoms with Gasteiger partial charge in [0.15, 0.2) is 0 Å². The minimum atomic E-state index is -0.207. The van der Waals surface area contributed by atoms with Crippen molar-refractivity contribution >= 4 is 5.69 Å². The third-order valence-electron chi connectivity index (χ3n) is 2.69. The van der Waals surface area contributed by atoms with E-state index in [0.717, 1.165) is 30.8 Å². The molecule has 2 rings (SSSR count). The molecule has 0 radical (unpaired) electrons. The number of benzene rings is 1. The lowest BCUT2D eigenvalue weighted by Crippen LogP contribution is -2.14. The van der Waals surface area contributed by atoms with Gasteiger partial charge in [0.1, 0.15) is 5.82 Å². The molecule has 86 valence electrons. The zero-order chi connectivity index (χ0) is 11.4. The van der Waals surface area contributed by atoms with Crippen LogP contribution in [0.2, 0.25) is 0 Å². The van der Waals surface area contributed by atoms with Gasteiger partial charge in [-0.1, -0.05) is 12.1 Å². The first-order valence-electron chi connectivity index (χ1n) is 5.51. The zero-order valence-electron chi connectivity index (χ0n) is 9.42. The maximum absolute atomic E-state index is 13.0. The van der Waals surface area contributed by atoms with E-state index in [1.54, 1.807) is 6.07 Å². The van der Waals surface area contributed by atoms with Crippen molar-refractivity contribution < 1.29 is 9.13 Å². The number of halogens is 1. The van der Waals surface area contributed by atoms with Crippen LogP contribution in [0.4, 0.5) is 10.1 Å². The second-order valence-electron chi connectivity index (χ2n) is 4.02. The first kappa shape index (κ1) is 11.1. The van der Waals surface area contributed by atoms with E-state index in [-0.39, 0.29) is 5.82 Å². The van der Waals surface area contributed by atoms with Crippen molar-refractivity contribution in [3.05, 3.63) is 41.2 Å². The number of ether oxygens (including phenoxy) is 1. The Morgan fingerprint density at radius 1 is 1.44 bits per heavy atom. The number of hydrogen-bond acceptors (Lipinski definition) is 2. The van der Waals surface area contributed by atoms with Crippen LogP contribution >= 0.6 is 0 Å². The average Bonchev–Trinajstić information content (AvgIpc) is 2.32. The topological polar surface area (TPSA) is 21.3 Å². The fraction of sp³-hybridized carbons (Fsp3) is 0.385. The van der Waals surface area contributed by atoms with Gasteiger partial charge < -0.3 is 10.1 Å². The Morgan fingerprint density at radius 3 is 3.06 bits per heavy atom. The molecule has 0 bridgehead atoms. The van der Waals surface area contributed by atoms with E-state index in [2.05, 4.69) is 11.4 Å². The van der Waals surface area contributed by atoms with Crippen LogP contribution in [-0.2, 0) is 4.74 Å². The van der Waals surface area contributed by atoms with E-state index in [4.69, 9.17) is 4.74 Å². The monoisotopic (exact) mass is 221 g/mol. The molecule has 1 N–H and O–H groups in total. The summed E-state index contributed by atoms with van der Waals surface area (Å²) >= 11 is 0. The van der Waals surface area contributed by atoms with Crippen LogP contribution in [0, 0.1) is 12.7 Å². The highest BCUT2D eigenvalue weighted by molar-refractivity contribution is 5.51. The lowest BCUT2D eigenvalue weighted by atomic mass is 10.1. The Balaban J connectivity index is 1.98. The molecular formula is C13H16FNO. The summed E-state index contributed by atoms with van der Waals surface area (Å²) in [5.74, 6) is -0.207. The summed E-state index contributed by atoms with van der Waals surface area (Å²) in [6.45, 7) is 4.18. The number of rotatable bonds is 3. The van der Waals surface area contributed by atoms with E-state index < -0.39 is 0 Å². The molecule has 16 heavy (non-hydrogen) atoms. The first-order chi connectivity index (χ1) is 7.75. The fourth-order valence-corrected chi connectivity index (χ4v) is 1.73. The molecule has 3 heteroatoms. The summed E-state index contributed by atoms with van der Waals surface area (Å²) in [4.78, 5) is 0. The first-order valence-corrected chi connectivity index (χ1v) is 5.51. The van der Waals surface area contributed by atoms with Gasteiger partial charge in [-0.15, -0.1) is 0 Å². The van der Waals surface area contributed by atoms with Gasteiger partial charge in [0.25, 0.3) is 0 Å². The van der Waals surface area contributed by atoms with Gasteiger partial charge in [-0.3, -0.25) is 0 Å². The third-order valence-corrected chi connectivity index (χ3v) is 2.69. The highest BCUT2D eigenvalue weighted by Crippen LogP contribution is 2.16. The summed E-state index contributed by atoms with van der Waals surface area (Å²) in [7, 11) is 0. The van der Waals surface area contributed by atoms with E-state index in [9.17, 15) is 4.39 Å². The van der Waals surface area contributed by atoms with Crippen LogP contribution < -0.4 is 5.32 Å². The predicted octanol–water partition coefficient (Wildman–Crippen LogP) is 2.89. The standard InChI is InChI=1S/C13H16FNO/c1-10-4-5-12(14)7-13(10)15-8-11-3-2-6-16-9-11/h3-5,7,15H,2,6,8-9H2,1H3. The van der Waals surface area contributed by atoms with Gasteiger partial charge in [0.05, 0.1) is 13.2 Å². The molecule has 1 aromatic rings. The second kappa shape index (κ2) is 5.12. The van der Waals surface area contributed by atoms with Gasteiger partial charge in [-0.05, 0) is 36.6 Å². The second-order valence-corrected chi connectivity index (χ2v) is 4.02. The summed E-state index contributed by atoms with van der Waals surface area (Å²) in [6, 6.07) is 4.78. The molecule has 1 aliphatic heterocycles. The maximum Gasteiger partial charge on any atom is 0.125 e. The van der Waals surface area contributed by atoms with E-state index >= 15 is 0 Å². The molecule has 0 aromatic heterocycles. The van der Waals surface area contributed by atoms with Crippen LogP contribution in [0.1, 0.15) is 12.0 Å². The van der Waals surface area contributed by atoms with Crippen LogP contribution in [0.15, 0.2) is 29.8 Å². The smallest absolute Gasteiger partial charge is 0.125 e. The zero-order valence-corrected chi connectivity index (χ0v) is 9.42. The molecule has 1 aliphatic rings. The van der Waals surface area contributed by atoms with Crippen molar-refractivity contribution in [1.82, 2.24) is 0 Å². The SMILES string of the molecule is Cc1ccc(F)cc1NCC1=CCCOC1. The van der Waals surface area contributed by atoms with Crippen LogP contribution in [0.5, 0.6) is 0 Å². The van der Waals surface area contributed by atoms with Gasteiger partial charge in [-0.2, -0.15) is 0 Å². The summed E-state index contributed by atoms with van der Waals surface area (Å²) < 4.78 is 18.4. The number of aryl methyl sites for hydroxylation is 1. The number of anilines is 1. The molecular weight excluding hydrogens is 205 g/mol.